The minimum Gasteiger partial charge on any atom is -0.454 e. The van der Waals surface area contributed by atoms with Gasteiger partial charge in [0.2, 0.25) is 5.91 Å². The molecule has 0 aliphatic carbocycles. The van der Waals surface area contributed by atoms with Crippen molar-refractivity contribution in [1.82, 2.24) is 5.32 Å². The number of aliphatic hydroxyl groups is 5. The van der Waals surface area contributed by atoms with E-state index in [1.165, 1.54) is 89.9 Å². The van der Waals surface area contributed by atoms with Crippen molar-refractivity contribution in [2.45, 2.75) is 307 Å². The third kappa shape index (κ3) is 47.5. The molecule has 484 valence electrons. The second kappa shape index (κ2) is 60.1. The van der Waals surface area contributed by atoms with E-state index < -0.39 is 67.4 Å². The summed E-state index contributed by atoms with van der Waals surface area (Å²) < 4.78 is 17.6. The quantitative estimate of drug-likeness (QED) is 0.0195. The molecule has 8 unspecified atom stereocenters. The Labute approximate surface area is 518 Å². The first kappa shape index (κ1) is 78.8. The first-order chi connectivity index (χ1) is 41.7. The highest BCUT2D eigenvalue weighted by atomic mass is 16.7. The van der Waals surface area contributed by atoms with E-state index in [4.69, 9.17) is 14.2 Å². The van der Waals surface area contributed by atoms with Gasteiger partial charge in [-0.15, -0.1) is 0 Å². The van der Waals surface area contributed by atoms with E-state index in [2.05, 4.69) is 135 Å². The van der Waals surface area contributed by atoms with Crippen LogP contribution in [-0.2, 0) is 23.8 Å². The molecule has 85 heavy (non-hydrogen) atoms. The van der Waals surface area contributed by atoms with Crippen molar-refractivity contribution in [3.05, 3.63) is 134 Å². The van der Waals surface area contributed by atoms with Crippen LogP contribution < -0.4 is 5.32 Å². The zero-order chi connectivity index (χ0) is 61.7. The molecule has 1 aliphatic heterocycles. The molecule has 0 bridgehead atoms. The van der Waals surface area contributed by atoms with Gasteiger partial charge in [0.25, 0.3) is 0 Å². The lowest BCUT2D eigenvalue weighted by Crippen LogP contribution is -2.61. The maximum atomic E-state index is 13.4. The third-order valence-corrected chi connectivity index (χ3v) is 15.0. The molecule has 0 radical (unpaired) electrons. The van der Waals surface area contributed by atoms with Crippen LogP contribution in [-0.4, -0.2) is 99.6 Å². The number of carbonyl (C=O) groups excluding carboxylic acids is 2. The van der Waals surface area contributed by atoms with Crippen molar-refractivity contribution >= 4 is 11.9 Å². The fourth-order valence-electron chi connectivity index (χ4n) is 9.70. The van der Waals surface area contributed by atoms with Gasteiger partial charge in [-0.1, -0.05) is 270 Å². The summed E-state index contributed by atoms with van der Waals surface area (Å²) in [5.41, 5.74) is 0. The Morgan fingerprint density at radius 2 is 0.847 bits per heavy atom. The smallest absolute Gasteiger partial charge is 0.306 e. The standard InChI is InChI=1S/C74H123NO10/c1-4-7-10-13-16-19-22-25-27-29-30-31-32-33-34-35-36-37-38-39-41-44-47-50-53-56-59-62-69(79)85-72-71(81)70(80)68(63-76)84-74(72)83-64-65(66(77)60-57-54-51-48-45-42-24-21-18-15-12-9-6-3)75-73(82)67(78)61-58-55-52-49-46-43-40-28-26-23-20-17-14-11-8-5-2/h7,10,16-17,19-20,25-28,30-31,33-34,36-37,43,46,52,55,57,60,65-68,70-72,74,76-78,80-81H,4-6,8-9,11-15,18,21-24,29,32,35,38-42,44-45,47-51,53-54,56,58-59,61-64H2,1-3H3,(H,75,82)/b10-7-,19-16-,20-17-,27-25-,28-26-,31-30-,34-33-,37-36-,46-43-,55-52-,60-57+. The summed E-state index contributed by atoms with van der Waals surface area (Å²) >= 11 is 0. The Kier molecular flexibility index (Phi) is 55.7. The fourth-order valence-corrected chi connectivity index (χ4v) is 9.70. The second-order valence-electron chi connectivity index (χ2n) is 22.8. The normalized spacial score (nSPS) is 19.3. The second-order valence-corrected chi connectivity index (χ2v) is 22.8. The Morgan fingerprint density at radius 3 is 1.29 bits per heavy atom. The molecule has 1 amide bonds. The number of carbonyl (C=O) groups is 2. The van der Waals surface area contributed by atoms with Crippen LogP contribution in [0, 0.1) is 0 Å². The predicted molar refractivity (Wildman–Crippen MR) is 356 cm³/mol. The zero-order valence-electron chi connectivity index (χ0n) is 53.7. The van der Waals surface area contributed by atoms with Crippen LogP contribution in [0.15, 0.2) is 134 Å². The minimum absolute atomic E-state index is 0.0989. The van der Waals surface area contributed by atoms with Gasteiger partial charge in [0, 0.05) is 6.42 Å². The predicted octanol–water partition coefficient (Wildman–Crippen LogP) is 17.2. The number of allylic oxidation sites excluding steroid dienone is 21. The van der Waals surface area contributed by atoms with Crippen LogP contribution in [0.4, 0.5) is 0 Å². The number of rotatable bonds is 56. The molecule has 1 rings (SSSR count). The van der Waals surface area contributed by atoms with Gasteiger partial charge in [0.1, 0.15) is 24.4 Å². The van der Waals surface area contributed by atoms with E-state index in [1.54, 1.807) is 6.08 Å². The molecule has 1 aliphatic rings. The van der Waals surface area contributed by atoms with Gasteiger partial charge in [-0.25, -0.2) is 0 Å². The maximum Gasteiger partial charge on any atom is 0.306 e. The summed E-state index contributed by atoms with van der Waals surface area (Å²) in [6.45, 7) is 5.61. The minimum atomic E-state index is -1.64. The van der Waals surface area contributed by atoms with Crippen LogP contribution >= 0.6 is 0 Å². The largest absolute Gasteiger partial charge is 0.454 e. The summed E-state index contributed by atoms with van der Waals surface area (Å²) in [6, 6.07) is -1.06. The van der Waals surface area contributed by atoms with Gasteiger partial charge < -0.3 is 45.1 Å². The molecule has 8 atom stereocenters. The molecule has 0 saturated carbocycles. The molecule has 11 heteroatoms. The van der Waals surface area contributed by atoms with Crippen LogP contribution in [0.1, 0.15) is 258 Å². The average Bonchev–Trinajstić information content (AvgIpc) is 2.50. The maximum absolute atomic E-state index is 13.4. The van der Waals surface area contributed by atoms with E-state index in [-0.39, 0.29) is 19.4 Å². The average molecular weight is 1190 g/mol. The lowest BCUT2D eigenvalue weighted by atomic mass is 9.99. The molecule has 0 aromatic carbocycles. The number of unbranched alkanes of at least 4 members (excludes halogenated alkanes) is 22. The summed E-state index contributed by atoms with van der Waals surface area (Å²) in [7, 11) is 0. The lowest BCUT2D eigenvalue weighted by molar-refractivity contribution is -0.305. The van der Waals surface area contributed by atoms with Gasteiger partial charge >= 0.3 is 5.97 Å². The lowest BCUT2D eigenvalue weighted by Gasteiger charge is -2.41. The summed E-state index contributed by atoms with van der Waals surface area (Å²) in [4.78, 5) is 26.6. The summed E-state index contributed by atoms with van der Waals surface area (Å²) in [5.74, 6) is -1.27. The van der Waals surface area contributed by atoms with Crippen LogP contribution in [0.2, 0.25) is 0 Å². The van der Waals surface area contributed by atoms with Gasteiger partial charge in [0.15, 0.2) is 12.4 Å². The van der Waals surface area contributed by atoms with Crippen molar-refractivity contribution in [3.8, 4) is 0 Å². The number of hydrogen-bond acceptors (Lipinski definition) is 10. The van der Waals surface area contributed by atoms with Crippen molar-refractivity contribution in [2.75, 3.05) is 13.2 Å². The van der Waals surface area contributed by atoms with E-state index in [0.29, 0.717) is 12.8 Å². The molecule has 0 aromatic heterocycles. The highest BCUT2D eigenvalue weighted by Gasteiger charge is 2.47. The van der Waals surface area contributed by atoms with Crippen LogP contribution in [0.25, 0.3) is 0 Å². The van der Waals surface area contributed by atoms with Crippen molar-refractivity contribution in [1.29, 1.82) is 0 Å². The van der Waals surface area contributed by atoms with Crippen molar-refractivity contribution in [2.24, 2.45) is 0 Å². The Bertz CT molecular complexity index is 1890. The first-order valence-corrected chi connectivity index (χ1v) is 34.0. The van der Waals surface area contributed by atoms with Gasteiger partial charge in [0.05, 0.1) is 25.4 Å². The fraction of sp³-hybridized carbons (Fsp3) is 0.676. The number of esters is 1. The monoisotopic (exact) mass is 1190 g/mol. The third-order valence-electron chi connectivity index (χ3n) is 15.0. The zero-order valence-corrected chi connectivity index (χ0v) is 53.7. The Hall–Kier alpha value is -4.20. The number of aliphatic hydroxyl groups excluding tert-OH is 5. The van der Waals surface area contributed by atoms with Crippen molar-refractivity contribution in [3.63, 3.8) is 0 Å². The van der Waals surface area contributed by atoms with Gasteiger partial charge in [-0.3, -0.25) is 9.59 Å². The molecule has 0 aromatic rings. The highest BCUT2D eigenvalue weighted by Crippen LogP contribution is 2.26. The SMILES string of the molecule is CC/C=C\C/C=C\C/C=C\C/C=C\C/C=C\C/C=C\CCCCCCCCCCC(=O)OC1C(OCC(NC(=O)C(O)CC/C=C\C/C=C\C/C=C\C/C=C\CCCCC)C(O)/C=C/CCCCCCCCCCCCC)OC(CO)C(O)C1O. The molecule has 6 N–H and O–H groups in total. The summed E-state index contributed by atoms with van der Waals surface area (Å²) in [6.07, 6.45) is 74.9. The number of ether oxygens (including phenoxy) is 3. The van der Waals surface area contributed by atoms with Gasteiger partial charge in [-0.05, 0) is 116 Å². The first-order valence-electron chi connectivity index (χ1n) is 34.0. The topological polar surface area (TPSA) is 175 Å². The molecule has 11 nitrogen and oxygen atoms in total. The molecule has 0 spiro atoms. The number of amides is 1. The molecular weight excluding hydrogens is 1060 g/mol. The number of hydrogen-bond donors (Lipinski definition) is 6. The van der Waals surface area contributed by atoms with E-state index >= 15 is 0 Å². The highest BCUT2D eigenvalue weighted by molar-refractivity contribution is 5.80. The number of nitrogens with one attached hydrogen (secondary N) is 1. The van der Waals surface area contributed by atoms with Crippen LogP contribution in [0.5, 0.6) is 0 Å². The molecular formula is C74H123NO10. The van der Waals surface area contributed by atoms with E-state index in [9.17, 15) is 35.1 Å². The van der Waals surface area contributed by atoms with Crippen LogP contribution in [0.3, 0.4) is 0 Å². The van der Waals surface area contributed by atoms with Gasteiger partial charge in [-0.2, -0.15) is 0 Å². The molecule has 1 fully saturated rings. The Morgan fingerprint density at radius 1 is 0.471 bits per heavy atom. The van der Waals surface area contributed by atoms with Crippen molar-refractivity contribution < 1.29 is 49.3 Å². The van der Waals surface area contributed by atoms with E-state index in [0.717, 1.165) is 122 Å². The summed E-state index contributed by atoms with van der Waals surface area (Å²) in [5, 5.41) is 57.1. The molecule has 1 saturated heterocycles. The Balaban J connectivity index is 2.64. The van der Waals surface area contributed by atoms with E-state index in [1.807, 2.05) is 18.2 Å². The molecule has 1 heterocycles.